The Morgan fingerprint density at radius 1 is 1.50 bits per heavy atom. The van der Waals surface area contributed by atoms with E-state index in [4.69, 9.17) is 4.74 Å². The Kier molecular flexibility index (Phi) is 1.24. The SMILES string of the molecule is [CH2]c1cccc(C2CO2)c1. The zero-order valence-corrected chi connectivity index (χ0v) is 5.71. The molecule has 1 aromatic carbocycles. The van der Waals surface area contributed by atoms with Gasteiger partial charge in [-0.25, -0.2) is 0 Å². The van der Waals surface area contributed by atoms with E-state index < -0.39 is 0 Å². The molecule has 1 saturated heterocycles. The number of rotatable bonds is 1. The minimum atomic E-state index is 0.363. The summed E-state index contributed by atoms with van der Waals surface area (Å²) in [5.41, 5.74) is 2.32. The normalized spacial score (nSPS) is 22.7. The third-order valence-corrected chi connectivity index (χ3v) is 1.66. The van der Waals surface area contributed by atoms with Crippen LogP contribution in [0.4, 0.5) is 0 Å². The number of ether oxygens (including phenoxy) is 1. The average molecular weight is 133 g/mol. The topological polar surface area (TPSA) is 12.5 Å². The highest BCUT2D eigenvalue weighted by molar-refractivity contribution is 5.28. The van der Waals surface area contributed by atoms with Crippen LogP contribution in [0.5, 0.6) is 0 Å². The molecule has 51 valence electrons. The Hall–Kier alpha value is -0.820. The van der Waals surface area contributed by atoms with E-state index in [-0.39, 0.29) is 0 Å². The summed E-state index contributed by atoms with van der Waals surface area (Å²) in [5, 5.41) is 0. The van der Waals surface area contributed by atoms with Crippen molar-refractivity contribution in [2.75, 3.05) is 6.61 Å². The van der Waals surface area contributed by atoms with Crippen LogP contribution in [0.1, 0.15) is 17.2 Å². The van der Waals surface area contributed by atoms with E-state index in [0.29, 0.717) is 6.10 Å². The number of hydrogen-bond donors (Lipinski definition) is 0. The third kappa shape index (κ3) is 1.05. The summed E-state index contributed by atoms with van der Waals surface area (Å²) in [7, 11) is 0. The summed E-state index contributed by atoms with van der Waals surface area (Å²) >= 11 is 0. The van der Waals surface area contributed by atoms with E-state index in [1.807, 2.05) is 12.1 Å². The summed E-state index contributed by atoms with van der Waals surface area (Å²) in [4.78, 5) is 0. The molecule has 2 rings (SSSR count). The van der Waals surface area contributed by atoms with Gasteiger partial charge in [-0.05, 0) is 18.1 Å². The van der Waals surface area contributed by atoms with Crippen LogP contribution in [0.25, 0.3) is 0 Å². The molecule has 1 nitrogen and oxygen atoms in total. The molecule has 0 bridgehead atoms. The smallest absolute Gasteiger partial charge is 0.106 e. The first-order chi connectivity index (χ1) is 4.86. The lowest BCUT2D eigenvalue weighted by Crippen LogP contribution is -1.80. The largest absolute Gasteiger partial charge is 0.368 e. The van der Waals surface area contributed by atoms with Crippen LogP contribution in [0.3, 0.4) is 0 Å². The van der Waals surface area contributed by atoms with Gasteiger partial charge in [0.2, 0.25) is 0 Å². The standard InChI is InChI=1S/C9H9O/c1-7-3-2-4-8(5-7)9-6-10-9/h2-5,9H,1,6H2. The molecule has 1 unspecified atom stereocenters. The van der Waals surface area contributed by atoms with Crippen molar-refractivity contribution in [3.8, 4) is 0 Å². The molecule has 0 aromatic heterocycles. The summed E-state index contributed by atoms with van der Waals surface area (Å²) in [6.07, 6.45) is 0.363. The van der Waals surface area contributed by atoms with Gasteiger partial charge in [0.05, 0.1) is 6.61 Å². The van der Waals surface area contributed by atoms with Gasteiger partial charge in [0, 0.05) is 0 Å². The van der Waals surface area contributed by atoms with Gasteiger partial charge in [-0.2, -0.15) is 0 Å². The van der Waals surface area contributed by atoms with E-state index in [2.05, 4.69) is 19.1 Å². The number of epoxide rings is 1. The van der Waals surface area contributed by atoms with E-state index >= 15 is 0 Å². The Labute approximate surface area is 60.6 Å². The predicted octanol–water partition coefficient (Wildman–Crippen LogP) is 1.94. The fourth-order valence-corrected chi connectivity index (χ4v) is 1.03. The lowest BCUT2D eigenvalue weighted by Gasteiger charge is -1.95. The van der Waals surface area contributed by atoms with Gasteiger partial charge in [-0.3, -0.25) is 0 Å². The molecule has 1 radical (unpaired) electrons. The van der Waals surface area contributed by atoms with Crippen LogP contribution in [0.15, 0.2) is 24.3 Å². The van der Waals surface area contributed by atoms with Crippen molar-refractivity contribution < 1.29 is 4.74 Å². The van der Waals surface area contributed by atoms with Crippen LogP contribution >= 0.6 is 0 Å². The van der Waals surface area contributed by atoms with Crippen LogP contribution in [-0.2, 0) is 4.74 Å². The van der Waals surface area contributed by atoms with Crippen molar-refractivity contribution in [2.24, 2.45) is 0 Å². The van der Waals surface area contributed by atoms with Crippen molar-refractivity contribution in [3.63, 3.8) is 0 Å². The van der Waals surface area contributed by atoms with Crippen molar-refractivity contribution in [2.45, 2.75) is 6.10 Å². The molecule has 1 aliphatic heterocycles. The number of benzene rings is 1. The van der Waals surface area contributed by atoms with Crippen molar-refractivity contribution in [1.82, 2.24) is 0 Å². The first-order valence-electron chi connectivity index (χ1n) is 3.40. The molecule has 1 fully saturated rings. The molecule has 1 aromatic rings. The van der Waals surface area contributed by atoms with Gasteiger partial charge in [0.1, 0.15) is 6.10 Å². The first kappa shape index (κ1) is 5.93. The highest BCUT2D eigenvalue weighted by atomic mass is 16.6. The molecular formula is C9H9O. The molecule has 10 heavy (non-hydrogen) atoms. The monoisotopic (exact) mass is 133 g/mol. The fraction of sp³-hybridized carbons (Fsp3) is 0.222. The Morgan fingerprint density at radius 2 is 2.30 bits per heavy atom. The maximum atomic E-state index is 5.12. The van der Waals surface area contributed by atoms with E-state index in [9.17, 15) is 0 Å². The summed E-state index contributed by atoms with van der Waals surface area (Å²) in [6, 6.07) is 8.15. The minimum Gasteiger partial charge on any atom is -0.368 e. The zero-order valence-electron chi connectivity index (χ0n) is 5.71. The van der Waals surface area contributed by atoms with Gasteiger partial charge in [-0.15, -0.1) is 0 Å². The molecule has 0 amide bonds. The lowest BCUT2D eigenvalue weighted by molar-refractivity contribution is 0.415. The second-order valence-corrected chi connectivity index (χ2v) is 2.57. The van der Waals surface area contributed by atoms with Gasteiger partial charge in [0.25, 0.3) is 0 Å². The summed E-state index contributed by atoms with van der Waals surface area (Å²) in [5.74, 6) is 0. The second-order valence-electron chi connectivity index (χ2n) is 2.57. The second kappa shape index (κ2) is 2.10. The lowest BCUT2D eigenvalue weighted by atomic mass is 10.1. The van der Waals surface area contributed by atoms with E-state index in [0.717, 1.165) is 12.2 Å². The molecule has 1 atom stereocenters. The van der Waals surface area contributed by atoms with Gasteiger partial charge >= 0.3 is 0 Å². The van der Waals surface area contributed by atoms with Crippen LogP contribution in [-0.4, -0.2) is 6.61 Å². The molecule has 1 heterocycles. The Morgan fingerprint density at radius 3 is 2.90 bits per heavy atom. The molecule has 0 spiro atoms. The van der Waals surface area contributed by atoms with Gasteiger partial charge in [0.15, 0.2) is 0 Å². The highest BCUT2D eigenvalue weighted by Crippen LogP contribution is 2.29. The van der Waals surface area contributed by atoms with E-state index in [1.165, 1.54) is 5.56 Å². The Bertz CT molecular complexity index is 238. The minimum absolute atomic E-state index is 0.363. The quantitative estimate of drug-likeness (QED) is 0.533. The fourth-order valence-electron chi connectivity index (χ4n) is 1.03. The molecular weight excluding hydrogens is 124 g/mol. The van der Waals surface area contributed by atoms with Crippen LogP contribution in [0.2, 0.25) is 0 Å². The maximum Gasteiger partial charge on any atom is 0.106 e. The van der Waals surface area contributed by atoms with Gasteiger partial charge < -0.3 is 4.74 Å². The predicted molar refractivity (Wildman–Crippen MR) is 39.6 cm³/mol. The van der Waals surface area contributed by atoms with E-state index in [1.54, 1.807) is 0 Å². The third-order valence-electron chi connectivity index (χ3n) is 1.66. The van der Waals surface area contributed by atoms with Crippen molar-refractivity contribution in [3.05, 3.63) is 42.3 Å². The molecule has 0 aliphatic carbocycles. The summed E-state index contributed by atoms with van der Waals surface area (Å²) < 4.78 is 5.12. The zero-order chi connectivity index (χ0) is 6.97. The van der Waals surface area contributed by atoms with Crippen molar-refractivity contribution >= 4 is 0 Å². The Balaban J connectivity index is 2.32. The highest BCUT2D eigenvalue weighted by Gasteiger charge is 2.24. The molecule has 1 heteroatoms. The number of hydrogen-bond acceptors (Lipinski definition) is 1. The maximum absolute atomic E-state index is 5.12. The average Bonchev–Trinajstić information content (AvgIpc) is 2.68. The summed E-state index contributed by atoms with van der Waals surface area (Å²) in [6.45, 7) is 4.71. The molecule has 1 aliphatic rings. The molecule has 0 saturated carbocycles. The van der Waals surface area contributed by atoms with Crippen LogP contribution < -0.4 is 0 Å². The first-order valence-corrected chi connectivity index (χ1v) is 3.40. The van der Waals surface area contributed by atoms with Crippen LogP contribution in [0, 0.1) is 6.92 Å². The van der Waals surface area contributed by atoms with Crippen molar-refractivity contribution in [1.29, 1.82) is 0 Å². The van der Waals surface area contributed by atoms with Gasteiger partial charge in [-0.1, -0.05) is 24.3 Å². The molecule has 0 N–H and O–H groups in total.